The van der Waals surface area contributed by atoms with Gasteiger partial charge < -0.3 is 11.1 Å². The van der Waals surface area contributed by atoms with E-state index in [1.807, 2.05) is 58.0 Å². The Balaban J connectivity index is 2.87. The predicted molar refractivity (Wildman–Crippen MR) is 75.0 cm³/mol. The second-order valence-electron chi connectivity index (χ2n) is 5.42. The number of nitrogens with two attached hydrogens (primary N) is 1. The van der Waals surface area contributed by atoms with Crippen LogP contribution in [0.2, 0.25) is 0 Å². The molecule has 1 rings (SSSR count). The Bertz CT molecular complexity index is 389. The van der Waals surface area contributed by atoms with Gasteiger partial charge in [0.15, 0.2) is 0 Å². The molecule has 0 radical (unpaired) electrons. The molecule has 0 aliphatic heterocycles. The van der Waals surface area contributed by atoms with Crippen LogP contribution in [-0.4, -0.2) is 12.5 Å². The largest absolute Gasteiger partial charge is 0.345 e. The fourth-order valence-corrected chi connectivity index (χ4v) is 1.74. The minimum absolute atomic E-state index is 0.0143. The van der Waals surface area contributed by atoms with Crippen LogP contribution < -0.4 is 11.1 Å². The number of amides is 1. The van der Waals surface area contributed by atoms with E-state index in [0.29, 0.717) is 12.5 Å². The van der Waals surface area contributed by atoms with E-state index in [-0.39, 0.29) is 11.8 Å². The summed E-state index contributed by atoms with van der Waals surface area (Å²) in [5.41, 5.74) is 6.39. The first kappa shape index (κ1) is 14.7. The lowest BCUT2D eigenvalue weighted by molar-refractivity contribution is -0.127. The smallest absolute Gasteiger partial charge is 0.223 e. The number of carbonyl (C=O) groups is 1. The Morgan fingerprint density at radius 3 is 2.28 bits per heavy atom. The Hall–Kier alpha value is -1.35. The minimum Gasteiger partial charge on any atom is -0.345 e. The van der Waals surface area contributed by atoms with Crippen LogP contribution in [0.4, 0.5) is 0 Å². The van der Waals surface area contributed by atoms with Crippen molar-refractivity contribution in [2.45, 2.75) is 33.2 Å². The summed E-state index contributed by atoms with van der Waals surface area (Å²) in [7, 11) is 0. The van der Waals surface area contributed by atoms with Crippen molar-refractivity contribution in [3.05, 3.63) is 35.9 Å². The number of nitrogens with one attached hydrogen (secondary N) is 1. The van der Waals surface area contributed by atoms with Crippen LogP contribution in [0.25, 0.3) is 0 Å². The number of hydrogen-bond acceptors (Lipinski definition) is 2. The molecule has 0 fully saturated rings. The normalized spacial score (nSPS) is 16.1. The molecule has 0 saturated carbocycles. The molecular weight excluding hydrogens is 224 g/mol. The van der Waals surface area contributed by atoms with Crippen LogP contribution in [0.3, 0.4) is 0 Å². The number of hydrogen-bond donors (Lipinski definition) is 2. The standard InChI is InChI=1S/C15H24N2O/c1-11(2)12(3)14(18)17-15(4,10-16)13-8-6-5-7-9-13/h5-9,11-12H,10,16H2,1-4H3,(H,17,18). The van der Waals surface area contributed by atoms with Gasteiger partial charge in [-0.1, -0.05) is 51.1 Å². The molecule has 3 N–H and O–H groups in total. The lowest BCUT2D eigenvalue weighted by Gasteiger charge is -2.32. The van der Waals surface area contributed by atoms with Gasteiger partial charge in [0.1, 0.15) is 0 Å². The van der Waals surface area contributed by atoms with Gasteiger partial charge in [-0.25, -0.2) is 0 Å². The van der Waals surface area contributed by atoms with Crippen LogP contribution in [0, 0.1) is 11.8 Å². The van der Waals surface area contributed by atoms with E-state index in [0.717, 1.165) is 5.56 Å². The van der Waals surface area contributed by atoms with Gasteiger partial charge in [-0.05, 0) is 18.4 Å². The minimum atomic E-state index is -0.499. The van der Waals surface area contributed by atoms with Crippen molar-refractivity contribution < 1.29 is 4.79 Å². The van der Waals surface area contributed by atoms with Crippen molar-refractivity contribution in [2.75, 3.05) is 6.54 Å². The zero-order valence-electron chi connectivity index (χ0n) is 11.7. The van der Waals surface area contributed by atoms with E-state index in [2.05, 4.69) is 5.32 Å². The first-order valence-corrected chi connectivity index (χ1v) is 6.48. The number of rotatable bonds is 5. The highest BCUT2D eigenvalue weighted by molar-refractivity contribution is 5.79. The van der Waals surface area contributed by atoms with Crippen molar-refractivity contribution in [2.24, 2.45) is 17.6 Å². The quantitative estimate of drug-likeness (QED) is 0.840. The van der Waals surface area contributed by atoms with Crippen molar-refractivity contribution >= 4 is 5.91 Å². The van der Waals surface area contributed by atoms with E-state index < -0.39 is 5.54 Å². The molecular formula is C15H24N2O. The maximum atomic E-state index is 12.2. The average Bonchev–Trinajstić information content (AvgIpc) is 2.38. The van der Waals surface area contributed by atoms with Gasteiger partial charge in [0.2, 0.25) is 5.91 Å². The summed E-state index contributed by atoms with van der Waals surface area (Å²) in [4.78, 5) is 12.2. The third-order valence-corrected chi connectivity index (χ3v) is 3.63. The van der Waals surface area contributed by atoms with E-state index in [1.165, 1.54) is 0 Å². The SMILES string of the molecule is CC(C)C(C)C(=O)NC(C)(CN)c1ccccc1. The van der Waals surface area contributed by atoms with Crippen molar-refractivity contribution in [1.29, 1.82) is 0 Å². The van der Waals surface area contributed by atoms with E-state index in [4.69, 9.17) is 5.73 Å². The van der Waals surface area contributed by atoms with E-state index in [1.54, 1.807) is 0 Å². The van der Waals surface area contributed by atoms with Crippen molar-refractivity contribution in [3.63, 3.8) is 0 Å². The second-order valence-corrected chi connectivity index (χ2v) is 5.42. The molecule has 0 aromatic heterocycles. The maximum absolute atomic E-state index is 12.2. The summed E-state index contributed by atoms with van der Waals surface area (Å²) in [6, 6.07) is 9.86. The summed E-state index contributed by atoms with van der Waals surface area (Å²) < 4.78 is 0. The van der Waals surface area contributed by atoms with Gasteiger partial charge >= 0.3 is 0 Å². The Labute approximate surface area is 110 Å². The van der Waals surface area contributed by atoms with E-state index >= 15 is 0 Å². The van der Waals surface area contributed by atoms with Gasteiger partial charge in [-0.15, -0.1) is 0 Å². The highest BCUT2D eigenvalue weighted by Gasteiger charge is 2.29. The van der Waals surface area contributed by atoms with Crippen LogP contribution in [0.15, 0.2) is 30.3 Å². The van der Waals surface area contributed by atoms with E-state index in [9.17, 15) is 4.79 Å². The molecule has 0 aliphatic rings. The molecule has 3 heteroatoms. The first-order valence-electron chi connectivity index (χ1n) is 6.48. The summed E-state index contributed by atoms with van der Waals surface area (Å²) in [6.07, 6.45) is 0. The van der Waals surface area contributed by atoms with Crippen LogP contribution in [-0.2, 0) is 10.3 Å². The molecule has 0 aliphatic carbocycles. The predicted octanol–water partition coefficient (Wildman–Crippen LogP) is 2.27. The highest BCUT2D eigenvalue weighted by atomic mass is 16.2. The van der Waals surface area contributed by atoms with Crippen LogP contribution >= 0.6 is 0 Å². The Morgan fingerprint density at radius 1 is 1.28 bits per heavy atom. The summed E-state index contributed by atoms with van der Waals surface area (Å²) in [5, 5.41) is 3.08. The van der Waals surface area contributed by atoms with Crippen molar-refractivity contribution in [3.8, 4) is 0 Å². The molecule has 0 spiro atoms. The lowest BCUT2D eigenvalue weighted by Crippen LogP contribution is -2.50. The van der Waals surface area contributed by atoms with Gasteiger partial charge in [0, 0.05) is 12.5 Å². The Kier molecular flexibility index (Phi) is 4.91. The molecule has 100 valence electrons. The number of benzene rings is 1. The monoisotopic (exact) mass is 248 g/mol. The highest BCUT2D eigenvalue weighted by Crippen LogP contribution is 2.21. The molecule has 18 heavy (non-hydrogen) atoms. The zero-order valence-corrected chi connectivity index (χ0v) is 11.7. The van der Waals surface area contributed by atoms with Crippen LogP contribution in [0.5, 0.6) is 0 Å². The van der Waals surface area contributed by atoms with Crippen molar-refractivity contribution in [1.82, 2.24) is 5.32 Å². The summed E-state index contributed by atoms with van der Waals surface area (Å²) in [6.45, 7) is 8.39. The molecule has 1 aromatic rings. The lowest BCUT2D eigenvalue weighted by atomic mass is 9.89. The van der Waals surface area contributed by atoms with Gasteiger partial charge in [-0.3, -0.25) is 4.79 Å². The molecule has 1 aromatic carbocycles. The maximum Gasteiger partial charge on any atom is 0.223 e. The first-order chi connectivity index (χ1) is 8.40. The summed E-state index contributed by atoms with van der Waals surface area (Å²) >= 11 is 0. The number of carbonyl (C=O) groups excluding carboxylic acids is 1. The zero-order chi connectivity index (χ0) is 13.8. The average molecular weight is 248 g/mol. The third-order valence-electron chi connectivity index (χ3n) is 3.63. The topological polar surface area (TPSA) is 55.1 Å². The molecule has 0 heterocycles. The molecule has 0 saturated heterocycles. The third kappa shape index (κ3) is 3.33. The second kappa shape index (κ2) is 6.01. The molecule has 3 nitrogen and oxygen atoms in total. The molecule has 2 unspecified atom stereocenters. The fraction of sp³-hybridized carbons (Fsp3) is 0.533. The van der Waals surface area contributed by atoms with Crippen LogP contribution in [0.1, 0.15) is 33.3 Å². The van der Waals surface area contributed by atoms with Gasteiger partial charge in [0.05, 0.1) is 5.54 Å². The molecule has 1 amide bonds. The fourth-order valence-electron chi connectivity index (χ4n) is 1.74. The molecule has 0 bridgehead atoms. The summed E-state index contributed by atoms with van der Waals surface area (Å²) in [5.74, 6) is 0.365. The van der Waals surface area contributed by atoms with Gasteiger partial charge in [0.25, 0.3) is 0 Å². The molecule has 2 atom stereocenters. The van der Waals surface area contributed by atoms with Gasteiger partial charge in [-0.2, -0.15) is 0 Å². The Morgan fingerprint density at radius 2 is 1.83 bits per heavy atom.